The number of para-hydroxylation sites is 1. The Morgan fingerprint density at radius 3 is 1.69 bits per heavy atom. The van der Waals surface area contributed by atoms with Crippen LogP contribution in [-0.4, -0.2) is 0 Å². The molecule has 0 saturated heterocycles. The molecule has 0 aliphatic heterocycles. The molecule has 13 rings (SSSR count). The number of nitrogens with zero attached hydrogens (tertiary/aromatic N) is 1. The van der Waals surface area contributed by atoms with Gasteiger partial charge in [-0.1, -0.05) is 184 Å². The van der Waals surface area contributed by atoms with E-state index in [9.17, 15) is 0 Å². The Morgan fingerprint density at radius 2 is 0.896 bits per heavy atom. The summed E-state index contributed by atoms with van der Waals surface area (Å²) in [6.45, 7) is 4.72. The van der Waals surface area contributed by atoms with Crippen molar-refractivity contribution in [3.8, 4) is 33.4 Å². The second-order valence-corrected chi connectivity index (χ2v) is 18.6. The van der Waals surface area contributed by atoms with Crippen LogP contribution in [0.2, 0.25) is 0 Å². The first-order valence-corrected chi connectivity index (χ1v) is 23.3. The van der Waals surface area contributed by atoms with Gasteiger partial charge in [-0.25, -0.2) is 0 Å². The van der Waals surface area contributed by atoms with Crippen molar-refractivity contribution in [2.75, 3.05) is 10.2 Å². The lowest BCUT2D eigenvalue weighted by atomic mass is 9.82. The van der Waals surface area contributed by atoms with Crippen LogP contribution in [0.15, 0.2) is 237 Å². The summed E-state index contributed by atoms with van der Waals surface area (Å²) < 4.78 is 0. The van der Waals surface area contributed by atoms with Crippen LogP contribution in [0.4, 0.5) is 28.4 Å². The monoisotopic (exact) mass is 854 g/mol. The average Bonchev–Trinajstić information content (AvgIpc) is 3.61. The minimum absolute atomic E-state index is 0.113. The largest absolute Gasteiger partial charge is 0.355 e. The first-order chi connectivity index (χ1) is 33.0. The third-order valence-electron chi connectivity index (χ3n) is 14.4. The molecule has 0 heterocycles. The summed E-state index contributed by atoms with van der Waals surface area (Å²) in [5.74, 6) is 0. The average molecular weight is 855 g/mol. The second kappa shape index (κ2) is 15.3. The Labute approximate surface area is 391 Å². The van der Waals surface area contributed by atoms with Crippen LogP contribution in [0, 0.1) is 0 Å². The lowest BCUT2D eigenvalue weighted by molar-refractivity contribution is 0.660. The predicted octanol–water partition coefficient (Wildman–Crippen LogP) is 18.3. The van der Waals surface area contributed by atoms with Crippen molar-refractivity contribution < 1.29 is 0 Å². The van der Waals surface area contributed by atoms with Crippen molar-refractivity contribution in [3.63, 3.8) is 0 Å². The van der Waals surface area contributed by atoms with E-state index in [2.05, 4.69) is 261 Å². The summed E-state index contributed by atoms with van der Waals surface area (Å²) in [5.41, 5.74) is 15.6. The minimum Gasteiger partial charge on any atom is -0.355 e. The van der Waals surface area contributed by atoms with Gasteiger partial charge in [0.15, 0.2) is 0 Å². The van der Waals surface area contributed by atoms with E-state index in [1.807, 2.05) is 0 Å². The van der Waals surface area contributed by atoms with Gasteiger partial charge in [0.2, 0.25) is 0 Å². The smallest absolute Gasteiger partial charge is 0.0468 e. The number of benzene rings is 12. The Morgan fingerprint density at radius 1 is 0.328 bits per heavy atom. The predicted molar refractivity (Wildman–Crippen MR) is 287 cm³/mol. The molecule has 1 aliphatic carbocycles. The zero-order chi connectivity index (χ0) is 44.6. The lowest BCUT2D eigenvalue weighted by Crippen LogP contribution is -2.16. The molecule has 0 amide bonds. The molecular weight excluding hydrogens is 809 g/mol. The third-order valence-corrected chi connectivity index (χ3v) is 14.4. The first-order valence-electron chi connectivity index (χ1n) is 23.3. The summed E-state index contributed by atoms with van der Waals surface area (Å²) in [5, 5.41) is 16.1. The topological polar surface area (TPSA) is 15.3 Å². The van der Waals surface area contributed by atoms with Gasteiger partial charge in [-0.2, -0.15) is 0 Å². The van der Waals surface area contributed by atoms with Crippen molar-refractivity contribution in [2.45, 2.75) is 19.3 Å². The van der Waals surface area contributed by atoms with Gasteiger partial charge in [0.05, 0.1) is 0 Å². The van der Waals surface area contributed by atoms with Crippen LogP contribution in [0.5, 0.6) is 0 Å². The van der Waals surface area contributed by atoms with Gasteiger partial charge in [0.1, 0.15) is 0 Å². The Bertz CT molecular complexity index is 3930. The molecule has 0 atom stereocenters. The van der Waals surface area contributed by atoms with Gasteiger partial charge in [-0.15, -0.1) is 0 Å². The van der Waals surface area contributed by atoms with Crippen LogP contribution < -0.4 is 10.2 Å². The fourth-order valence-corrected chi connectivity index (χ4v) is 11.1. The normalized spacial score (nSPS) is 12.7. The van der Waals surface area contributed by atoms with Crippen molar-refractivity contribution >= 4 is 82.3 Å². The molecule has 2 heteroatoms. The standard InChI is InChI=1S/C65H46N2/c1-65(2)61-25-13-11-22-54(61)55-36-35-51(40-62(55)65)67(50-34-28-43-16-4-6-18-46(43)38-50)49-32-29-44(30-33-49)58-41-60-52-20-8-7-19-47(52)39-59(64(60)57-24-10-9-21-53(57)58)56-23-12-14-26-63(56)66-48-31-27-42-15-3-5-17-45(42)37-48/h3-41,66H,1-2H3. The number of hydrogen-bond donors (Lipinski definition) is 1. The highest BCUT2D eigenvalue weighted by Crippen LogP contribution is 2.51. The molecule has 12 aromatic rings. The zero-order valence-electron chi connectivity index (χ0n) is 37.5. The molecule has 0 fully saturated rings. The lowest BCUT2D eigenvalue weighted by Gasteiger charge is -2.28. The fourth-order valence-electron chi connectivity index (χ4n) is 11.1. The van der Waals surface area contributed by atoms with E-state index in [0.717, 1.165) is 28.4 Å². The van der Waals surface area contributed by atoms with Crippen molar-refractivity contribution in [1.82, 2.24) is 0 Å². The molecule has 0 saturated carbocycles. The van der Waals surface area contributed by atoms with Gasteiger partial charge >= 0.3 is 0 Å². The van der Waals surface area contributed by atoms with E-state index in [0.29, 0.717) is 0 Å². The molecule has 0 aromatic heterocycles. The van der Waals surface area contributed by atoms with Crippen LogP contribution in [-0.2, 0) is 5.41 Å². The third kappa shape index (κ3) is 6.40. The van der Waals surface area contributed by atoms with E-state index in [4.69, 9.17) is 0 Å². The van der Waals surface area contributed by atoms with E-state index in [1.165, 1.54) is 98.4 Å². The summed E-state index contributed by atoms with van der Waals surface area (Å²) >= 11 is 0. The quantitative estimate of drug-likeness (QED) is 0.161. The highest BCUT2D eigenvalue weighted by molar-refractivity contribution is 6.26. The van der Waals surface area contributed by atoms with Crippen LogP contribution in [0.25, 0.3) is 87.2 Å². The summed E-state index contributed by atoms with van der Waals surface area (Å²) in [6.07, 6.45) is 0. The van der Waals surface area contributed by atoms with Crippen LogP contribution in [0.1, 0.15) is 25.0 Å². The maximum Gasteiger partial charge on any atom is 0.0468 e. The fraction of sp³-hybridized carbons (Fsp3) is 0.0462. The maximum absolute atomic E-state index is 3.82. The van der Waals surface area contributed by atoms with Gasteiger partial charge in [-0.05, 0) is 160 Å². The molecule has 2 nitrogen and oxygen atoms in total. The summed E-state index contributed by atoms with van der Waals surface area (Å²) in [4.78, 5) is 2.43. The molecule has 0 bridgehead atoms. The maximum atomic E-state index is 3.82. The second-order valence-electron chi connectivity index (χ2n) is 18.6. The molecule has 12 aromatic carbocycles. The SMILES string of the molecule is CC1(C)c2ccccc2-c2ccc(N(c3ccc(-c4cc5c6ccccc6cc(-c6ccccc6Nc6ccc7ccccc7c6)c5c5ccccc45)cc3)c3ccc4ccccc4c3)cc21. The van der Waals surface area contributed by atoms with Gasteiger partial charge in [0, 0.05) is 39.4 Å². The molecule has 67 heavy (non-hydrogen) atoms. The number of rotatable bonds is 7. The van der Waals surface area contributed by atoms with Gasteiger partial charge in [0.25, 0.3) is 0 Å². The number of fused-ring (bicyclic) bond motifs is 10. The molecule has 1 aliphatic rings. The first kappa shape index (κ1) is 39.0. The Hall–Kier alpha value is -8.46. The summed E-state index contributed by atoms with van der Waals surface area (Å²) in [7, 11) is 0. The molecule has 0 unspecified atom stereocenters. The Balaban J connectivity index is 0.962. The van der Waals surface area contributed by atoms with Crippen LogP contribution in [0.3, 0.4) is 0 Å². The molecule has 316 valence electrons. The number of anilines is 5. The van der Waals surface area contributed by atoms with Crippen molar-refractivity contribution in [2.24, 2.45) is 0 Å². The highest BCUT2D eigenvalue weighted by atomic mass is 15.1. The van der Waals surface area contributed by atoms with E-state index >= 15 is 0 Å². The molecule has 0 radical (unpaired) electrons. The molecule has 1 N–H and O–H groups in total. The number of hydrogen-bond acceptors (Lipinski definition) is 2. The van der Waals surface area contributed by atoms with E-state index in [-0.39, 0.29) is 5.41 Å². The minimum atomic E-state index is -0.113. The van der Waals surface area contributed by atoms with E-state index < -0.39 is 0 Å². The van der Waals surface area contributed by atoms with Crippen molar-refractivity contribution in [3.05, 3.63) is 248 Å². The highest BCUT2D eigenvalue weighted by Gasteiger charge is 2.35. The molecular formula is C65H46N2. The van der Waals surface area contributed by atoms with Crippen molar-refractivity contribution in [1.29, 1.82) is 0 Å². The number of nitrogens with one attached hydrogen (secondary N) is 1. The molecule has 0 spiro atoms. The summed E-state index contributed by atoms with van der Waals surface area (Å²) in [6, 6.07) is 87.2. The van der Waals surface area contributed by atoms with Crippen LogP contribution >= 0.6 is 0 Å². The Kier molecular flexibility index (Phi) is 8.91. The van der Waals surface area contributed by atoms with Gasteiger partial charge < -0.3 is 10.2 Å². The zero-order valence-corrected chi connectivity index (χ0v) is 37.5. The van der Waals surface area contributed by atoms with E-state index in [1.54, 1.807) is 0 Å². The van der Waals surface area contributed by atoms with Gasteiger partial charge in [-0.3, -0.25) is 0 Å².